The van der Waals surface area contributed by atoms with Gasteiger partial charge in [-0.15, -0.1) is 0 Å². The van der Waals surface area contributed by atoms with Gasteiger partial charge in [-0.1, -0.05) is 25.1 Å². The van der Waals surface area contributed by atoms with Crippen LogP contribution >= 0.6 is 0 Å². The van der Waals surface area contributed by atoms with E-state index in [0.29, 0.717) is 5.92 Å². The van der Waals surface area contributed by atoms with Crippen LogP contribution in [0.4, 0.5) is 5.69 Å². The lowest BCUT2D eigenvalue weighted by molar-refractivity contribution is -0.120. The average molecular weight is 287 g/mol. The highest BCUT2D eigenvalue weighted by Gasteiger charge is 2.29. The van der Waals surface area contributed by atoms with E-state index in [1.165, 1.54) is 31.5 Å². The van der Waals surface area contributed by atoms with Crippen molar-refractivity contribution in [2.75, 3.05) is 31.5 Å². The number of para-hydroxylation sites is 1. The van der Waals surface area contributed by atoms with Gasteiger partial charge in [-0.05, 0) is 50.0 Å². The molecule has 2 fully saturated rings. The van der Waals surface area contributed by atoms with E-state index in [1.807, 2.05) is 12.1 Å². The molecule has 1 aromatic carbocycles. The monoisotopic (exact) mass is 287 g/mol. The minimum atomic E-state index is 0.0878. The maximum absolute atomic E-state index is 12.4. The van der Waals surface area contributed by atoms with Gasteiger partial charge in [0.15, 0.2) is 0 Å². The Balaban J connectivity index is 1.68. The van der Waals surface area contributed by atoms with Crippen LogP contribution in [0, 0.1) is 11.8 Å². The topological polar surface area (TPSA) is 44.4 Å². The van der Waals surface area contributed by atoms with E-state index in [2.05, 4.69) is 34.6 Å². The first-order chi connectivity index (χ1) is 10.2. The van der Waals surface area contributed by atoms with E-state index < -0.39 is 0 Å². The Kier molecular flexibility index (Phi) is 4.56. The molecule has 2 heterocycles. The number of nitrogens with zero attached hydrogens (tertiary/aromatic N) is 1. The Labute approximate surface area is 126 Å². The summed E-state index contributed by atoms with van der Waals surface area (Å²) in [6, 6.07) is 8.21. The molecule has 0 spiro atoms. The molecule has 3 rings (SSSR count). The van der Waals surface area contributed by atoms with Crippen LogP contribution in [-0.2, 0) is 11.3 Å². The van der Waals surface area contributed by atoms with Crippen LogP contribution in [0.1, 0.15) is 25.3 Å². The van der Waals surface area contributed by atoms with Crippen molar-refractivity contribution < 1.29 is 4.79 Å². The van der Waals surface area contributed by atoms with Crippen LogP contribution in [0.5, 0.6) is 0 Å². The van der Waals surface area contributed by atoms with Crippen molar-refractivity contribution in [3.05, 3.63) is 29.8 Å². The van der Waals surface area contributed by atoms with E-state index >= 15 is 0 Å². The summed E-state index contributed by atoms with van der Waals surface area (Å²) < 4.78 is 0. The van der Waals surface area contributed by atoms with Crippen molar-refractivity contribution in [2.45, 2.75) is 26.3 Å². The van der Waals surface area contributed by atoms with E-state index in [4.69, 9.17) is 0 Å². The van der Waals surface area contributed by atoms with Crippen molar-refractivity contribution >= 4 is 11.6 Å². The maximum atomic E-state index is 12.4. The highest BCUT2D eigenvalue weighted by Crippen LogP contribution is 2.23. The van der Waals surface area contributed by atoms with Gasteiger partial charge in [0.1, 0.15) is 0 Å². The van der Waals surface area contributed by atoms with Gasteiger partial charge < -0.3 is 10.6 Å². The van der Waals surface area contributed by atoms with Crippen molar-refractivity contribution in [2.24, 2.45) is 11.8 Å². The van der Waals surface area contributed by atoms with Crippen molar-refractivity contribution in [3.8, 4) is 0 Å². The van der Waals surface area contributed by atoms with Gasteiger partial charge in [0, 0.05) is 18.8 Å². The predicted octanol–water partition coefficient (Wildman–Crippen LogP) is 2.08. The summed E-state index contributed by atoms with van der Waals surface area (Å²) in [5.74, 6) is 0.655. The van der Waals surface area contributed by atoms with Gasteiger partial charge >= 0.3 is 0 Å². The van der Waals surface area contributed by atoms with Gasteiger partial charge in [-0.2, -0.15) is 0 Å². The molecule has 0 radical (unpaired) electrons. The van der Waals surface area contributed by atoms with Crippen LogP contribution < -0.4 is 10.6 Å². The Morgan fingerprint density at radius 3 is 2.76 bits per heavy atom. The molecule has 4 nitrogen and oxygen atoms in total. The fourth-order valence-electron chi connectivity index (χ4n) is 3.35. The van der Waals surface area contributed by atoms with E-state index in [1.54, 1.807) is 0 Å². The molecule has 1 amide bonds. The SMILES string of the molecule is C[C@@H]1CNC[C@H]1C(=O)Nc1ccccc1CN1CCCC1. The standard InChI is InChI=1S/C17H25N3O/c1-13-10-18-11-15(13)17(21)19-16-7-3-2-6-14(16)12-20-8-4-5-9-20/h2-3,6-7,13,15,18H,4-5,8-12H2,1H3,(H,19,21)/t13-,15-/m1/s1. The molecule has 21 heavy (non-hydrogen) atoms. The number of likely N-dealkylation sites (tertiary alicyclic amines) is 1. The molecule has 0 unspecified atom stereocenters. The first-order valence-corrected chi connectivity index (χ1v) is 8.06. The second-order valence-corrected chi connectivity index (χ2v) is 6.37. The molecule has 4 heteroatoms. The summed E-state index contributed by atoms with van der Waals surface area (Å²) in [7, 11) is 0. The number of anilines is 1. The molecule has 2 aliphatic heterocycles. The predicted molar refractivity (Wildman–Crippen MR) is 85.1 cm³/mol. The fourth-order valence-corrected chi connectivity index (χ4v) is 3.35. The number of amides is 1. The van der Waals surface area contributed by atoms with E-state index in [-0.39, 0.29) is 11.8 Å². The van der Waals surface area contributed by atoms with Gasteiger partial charge in [-0.25, -0.2) is 0 Å². The molecule has 0 aliphatic carbocycles. The lowest BCUT2D eigenvalue weighted by Gasteiger charge is -2.19. The van der Waals surface area contributed by atoms with Crippen molar-refractivity contribution in [1.29, 1.82) is 0 Å². The van der Waals surface area contributed by atoms with Crippen molar-refractivity contribution in [1.82, 2.24) is 10.2 Å². The summed E-state index contributed by atoms with van der Waals surface area (Å²) >= 11 is 0. The molecule has 0 aromatic heterocycles. The number of carbonyl (C=O) groups excluding carboxylic acids is 1. The first-order valence-electron chi connectivity index (χ1n) is 8.06. The number of rotatable bonds is 4. The van der Waals surface area contributed by atoms with Gasteiger partial charge in [0.2, 0.25) is 5.91 Å². The van der Waals surface area contributed by atoms with Crippen LogP contribution in [-0.4, -0.2) is 37.0 Å². The van der Waals surface area contributed by atoms with Gasteiger partial charge in [0.25, 0.3) is 0 Å². The Morgan fingerprint density at radius 2 is 2.05 bits per heavy atom. The molecule has 2 N–H and O–H groups in total. The molecular weight excluding hydrogens is 262 g/mol. The molecule has 2 atom stereocenters. The number of carbonyl (C=O) groups is 1. The largest absolute Gasteiger partial charge is 0.325 e. The molecule has 114 valence electrons. The molecule has 0 bridgehead atoms. The fraction of sp³-hybridized carbons (Fsp3) is 0.588. The number of nitrogens with one attached hydrogen (secondary N) is 2. The minimum absolute atomic E-state index is 0.0878. The van der Waals surface area contributed by atoms with Crippen LogP contribution in [0.15, 0.2) is 24.3 Å². The lowest BCUT2D eigenvalue weighted by Crippen LogP contribution is -2.28. The third-order valence-corrected chi connectivity index (χ3v) is 4.72. The highest BCUT2D eigenvalue weighted by atomic mass is 16.1. The average Bonchev–Trinajstić information content (AvgIpc) is 3.12. The second-order valence-electron chi connectivity index (χ2n) is 6.37. The zero-order chi connectivity index (χ0) is 14.7. The van der Waals surface area contributed by atoms with Crippen LogP contribution in [0.25, 0.3) is 0 Å². The first kappa shape index (κ1) is 14.5. The normalized spacial score (nSPS) is 26.1. The summed E-state index contributed by atoms with van der Waals surface area (Å²) in [5, 5.41) is 6.44. The number of benzene rings is 1. The zero-order valence-electron chi connectivity index (χ0n) is 12.8. The Morgan fingerprint density at radius 1 is 1.29 bits per heavy atom. The molecule has 1 aromatic rings. The summed E-state index contributed by atoms with van der Waals surface area (Å²) in [4.78, 5) is 14.9. The molecule has 0 saturated carbocycles. The summed E-state index contributed by atoms with van der Waals surface area (Å²) in [5.41, 5.74) is 2.21. The number of hydrogen-bond donors (Lipinski definition) is 2. The van der Waals surface area contributed by atoms with Crippen molar-refractivity contribution in [3.63, 3.8) is 0 Å². The number of hydrogen-bond acceptors (Lipinski definition) is 3. The second kappa shape index (κ2) is 6.58. The molecule has 2 aliphatic rings. The molecular formula is C17H25N3O. The maximum Gasteiger partial charge on any atom is 0.229 e. The van der Waals surface area contributed by atoms with Crippen LogP contribution in [0.3, 0.4) is 0 Å². The van der Waals surface area contributed by atoms with Gasteiger partial charge in [0.05, 0.1) is 5.92 Å². The Hall–Kier alpha value is -1.39. The molecule has 2 saturated heterocycles. The zero-order valence-corrected chi connectivity index (χ0v) is 12.8. The van der Waals surface area contributed by atoms with E-state index in [0.717, 1.165) is 25.3 Å². The lowest BCUT2D eigenvalue weighted by atomic mass is 9.97. The minimum Gasteiger partial charge on any atom is -0.325 e. The smallest absolute Gasteiger partial charge is 0.229 e. The third-order valence-electron chi connectivity index (χ3n) is 4.72. The van der Waals surface area contributed by atoms with E-state index in [9.17, 15) is 4.79 Å². The van der Waals surface area contributed by atoms with Crippen LogP contribution in [0.2, 0.25) is 0 Å². The highest BCUT2D eigenvalue weighted by molar-refractivity contribution is 5.93. The summed E-state index contributed by atoms with van der Waals surface area (Å²) in [6.45, 7) is 7.15. The Bertz CT molecular complexity index is 497. The third kappa shape index (κ3) is 3.44. The van der Waals surface area contributed by atoms with Gasteiger partial charge in [-0.3, -0.25) is 9.69 Å². The quantitative estimate of drug-likeness (QED) is 0.891. The summed E-state index contributed by atoms with van der Waals surface area (Å²) in [6.07, 6.45) is 2.58.